The van der Waals surface area contributed by atoms with E-state index in [2.05, 4.69) is 31.2 Å². The third-order valence-corrected chi connectivity index (χ3v) is 5.70. The standard InChI is InChI=1S/C18H24N2OS/c1-14(18(2)9-10-18)20(3)11-15-13-22-17(19-15)12-21-16-7-5-4-6-8-16/h4-8,13-14H,9-12H2,1-3H3. The summed E-state index contributed by atoms with van der Waals surface area (Å²) < 4.78 is 5.76. The van der Waals surface area contributed by atoms with Crippen LogP contribution in [-0.2, 0) is 13.2 Å². The van der Waals surface area contributed by atoms with E-state index >= 15 is 0 Å². The highest BCUT2D eigenvalue weighted by Crippen LogP contribution is 2.49. The number of thiazole rings is 1. The Morgan fingerprint density at radius 3 is 2.73 bits per heavy atom. The van der Waals surface area contributed by atoms with Gasteiger partial charge in [0.2, 0.25) is 0 Å². The molecule has 4 heteroatoms. The van der Waals surface area contributed by atoms with E-state index in [0.717, 1.165) is 23.0 Å². The average molecular weight is 316 g/mol. The summed E-state index contributed by atoms with van der Waals surface area (Å²) in [6.07, 6.45) is 2.71. The minimum Gasteiger partial charge on any atom is -0.486 e. The van der Waals surface area contributed by atoms with E-state index in [4.69, 9.17) is 9.72 Å². The monoisotopic (exact) mass is 316 g/mol. The largest absolute Gasteiger partial charge is 0.486 e. The first-order valence-corrected chi connectivity index (χ1v) is 8.76. The molecular formula is C18H24N2OS. The van der Waals surface area contributed by atoms with E-state index in [1.807, 2.05) is 30.3 Å². The summed E-state index contributed by atoms with van der Waals surface area (Å²) in [4.78, 5) is 7.12. The minimum absolute atomic E-state index is 0.518. The van der Waals surface area contributed by atoms with Crippen LogP contribution in [0.4, 0.5) is 0 Å². The molecule has 1 aliphatic carbocycles. The van der Waals surface area contributed by atoms with Gasteiger partial charge >= 0.3 is 0 Å². The van der Waals surface area contributed by atoms with Crippen LogP contribution in [0.15, 0.2) is 35.7 Å². The third kappa shape index (κ3) is 3.68. The molecule has 3 nitrogen and oxygen atoms in total. The molecule has 0 saturated heterocycles. The summed E-state index contributed by atoms with van der Waals surface area (Å²) in [6, 6.07) is 10.5. The van der Waals surface area contributed by atoms with Crippen molar-refractivity contribution in [2.24, 2.45) is 5.41 Å². The van der Waals surface area contributed by atoms with Gasteiger partial charge in [-0.3, -0.25) is 4.90 Å². The van der Waals surface area contributed by atoms with Crippen LogP contribution < -0.4 is 4.74 Å². The molecule has 1 aromatic heterocycles. The fourth-order valence-electron chi connectivity index (χ4n) is 2.69. The van der Waals surface area contributed by atoms with Gasteiger partial charge in [0, 0.05) is 18.0 Å². The van der Waals surface area contributed by atoms with Gasteiger partial charge in [-0.1, -0.05) is 25.1 Å². The lowest BCUT2D eigenvalue weighted by atomic mass is 9.99. The number of ether oxygens (including phenoxy) is 1. The van der Waals surface area contributed by atoms with Crippen molar-refractivity contribution in [1.82, 2.24) is 9.88 Å². The number of hydrogen-bond acceptors (Lipinski definition) is 4. The number of rotatable bonds is 7. The molecule has 1 fully saturated rings. The summed E-state index contributed by atoms with van der Waals surface area (Å²) in [5.41, 5.74) is 1.67. The molecule has 0 bridgehead atoms. The fourth-order valence-corrected chi connectivity index (χ4v) is 3.39. The Bertz CT molecular complexity index is 607. The van der Waals surface area contributed by atoms with Crippen LogP contribution in [0.25, 0.3) is 0 Å². The summed E-state index contributed by atoms with van der Waals surface area (Å²) in [5.74, 6) is 0.895. The van der Waals surface area contributed by atoms with Crippen LogP contribution in [-0.4, -0.2) is 23.0 Å². The Morgan fingerprint density at radius 2 is 2.05 bits per heavy atom. The van der Waals surface area contributed by atoms with Crippen LogP contribution in [0.5, 0.6) is 5.75 Å². The summed E-state index contributed by atoms with van der Waals surface area (Å²) in [5, 5.41) is 3.19. The number of nitrogens with zero attached hydrogens (tertiary/aromatic N) is 2. The first-order valence-electron chi connectivity index (χ1n) is 7.88. The lowest BCUT2D eigenvalue weighted by Crippen LogP contribution is -2.35. The van der Waals surface area contributed by atoms with Crippen LogP contribution in [0.2, 0.25) is 0 Å². The zero-order chi connectivity index (χ0) is 15.6. The molecule has 3 rings (SSSR count). The number of hydrogen-bond donors (Lipinski definition) is 0. The van der Waals surface area contributed by atoms with Gasteiger partial charge in [0.1, 0.15) is 17.4 Å². The highest BCUT2D eigenvalue weighted by molar-refractivity contribution is 7.09. The Balaban J connectivity index is 1.52. The Kier molecular flexibility index (Phi) is 4.50. The van der Waals surface area contributed by atoms with Gasteiger partial charge in [-0.05, 0) is 44.4 Å². The van der Waals surface area contributed by atoms with Crippen LogP contribution >= 0.6 is 11.3 Å². The number of benzene rings is 1. The zero-order valence-electron chi connectivity index (χ0n) is 13.6. The maximum Gasteiger partial charge on any atom is 0.140 e. The lowest BCUT2D eigenvalue weighted by molar-refractivity contribution is 0.176. The van der Waals surface area contributed by atoms with E-state index in [1.165, 1.54) is 12.8 Å². The van der Waals surface area contributed by atoms with Gasteiger partial charge in [-0.2, -0.15) is 0 Å². The molecule has 22 heavy (non-hydrogen) atoms. The van der Waals surface area contributed by atoms with E-state index in [9.17, 15) is 0 Å². The van der Waals surface area contributed by atoms with Gasteiger partial charge < -0.3 is 4.74 Å². The van der Waals surface area contributed by atoms with Crippen LogP contribution in [0, 0.1) is 5.41 Å². The number of aromatic nitrogens is 1. The van der Waals surface area contributed by atoms with E-state index in [-0.39, 0.29) is 0 Å². The molecule has 0 spiro atoms. The van der Waals surface area contributed by atoms with Crippen molar-refractivity contribution in [2.75, 3.05) is 7.05 Å². The highest BCUT2D eigenvalue weighted by Gasteiger charge is 2.44. The maximum atomic E-state index is 5.76. The van der Waals surface area contributed by atoms with Crippen molar-refractivity contribution in [3.8, 4) is 5.75 Å². The molecule has 1 aromatic carbocycles. The molecule has 118 valence electrons. The topological polar surface area (TPSA) is 25.4 Å². The van der Waals surface area contributed by atoms with E-state index in [1.54, 1.807) is 11.3 Å². The first kappa shape index (κ1) is 15.5. The SMILES string of the molecule is CC(N(C)Cc1csc(COc2ccccc2)n1)C1(C)CC1. The molecule has 0 amide bonds. The quantitative estimate of drug-likeness (QED) is 0.759. The molecule has 2 aromatic rings. The normalized spacial score (nSPS) is 17.5. The highest BCUT2D eigenvalue weighted by atomic mass is 32.1. The zero-order valence-corrected chi connectivity index (χ0v) is 14.4. The van der Waals surface area contributed by atoms with E-state index < -0.39 is 0 Å². The fraction of sp³-hybridized carbons (Fsp3) is 0.500. The molecule has 1 atom stereocenters. The van der Waals surface area contributed by atoms with Gasteiger partial charge in [-0.15, -0.1) is 11.3 Å². The molecule has 1 heterocycles. The van der Waals surface area contributed by atoms with Gasteiger partial charge in [0.25, 0.3) is 0 Å². The van der Waals surface area contributed by atoms with Crippen LogP contribution in [0.1, 0.15) is 37.4 Å². The van der Waals surface area contributed by atoms with Gasteiger partial charge in [0.05, 0.1) is 5.69 Å². The maximum absolute atomic E-state index is 5.76. The van der Waals surface area contributed by atoms with Crippen LogP contribution in [0.3, 0.4) is 0 Å². The number of para-hydroxylation sites is 1. The second-order valence-electron chi connectivity index (χ2n) is 6.58. The van der Waals surface area contributed by atoms with E-state index in [0.29, 0.717) is 18.1 Å². The molecule has 0 aliphatic heterocycles. The first-order chi connectivity index (χ1) is 10.6. The second-order valence-corrected chi connectivity index (χ2v) is 7.52. The predicted molar refractivity (Wildman–Crippen MR) is 91.2 cm³/mol. The Labute approximate surface area is 137 Å². The Morgan fingerprint density at radius 1 is 1.32 bits per heavy atom. The van der Waals surface area contributed by atoms with Crippen molar-refractivity contribution >= 4 is 11.3 Å². The minimum atomic E-state index is 0.518. The second kappa shape index (κ2) is 6.39. The van der Waals surface area contributed by atoms with Crippen molar-refractivity contribution < 1.29 is 4.74 Å². The van der Waals surface area contributed by atoms with Crippen molar-refractivity contribution in [3.05, 3.63) is 46.4 Å². The Hall–Kier alpha value is -1.39. The molecule has 0 radical (unpaired) electrons. The van der Waals surface area contributed by atoms with Crippen molar-refractivity contribution in [3.63, 3.8) is 0 Å². The molecule has 1 unspecified atom stereocenters. The van der Waals surface area contributed by atoms with Crippen molar-refractivity contribution in [2.45, 2.75) is 45.9 Å². The third-order valence-electron chi connectivity index (χ3n) is 4.82. The van der Waals surface area contributed by atoms with Gasteiger partial charge in [-0.25, -0.2) is 4.98 Å². The average Bonchev–Trinajstić information content (AvgIpc) is 3.13. The molecule has 0 N–H and O–H groups in total. The van der Waals surface area contributed by atoms with Crippen molar-refractivity contribution in [1.29, 1.82) is 0 Å². The summed E-state index contributed by atoms with van der Waals surface area (Å²) in [6.45, 7) is 6.18. The lowest BCUT2D eigenvalue weighted by Gasteiger charge is -2.29. The van der Waals surface area contributed by atoms with Gasteiger partial charge in [0.15, 0.2) is 0 Å². The summed E-state index contributed by atoms with van der Waals surface area (Å²) in [7, 11) is 2.20. The molecule has 1 saturated carbocycles. The smallest absolute Gasteiger partial charge is 0.140 e. The molecular weight excluding hydrogens is 292 g/mol. The predicted octanol–water partition coefficient (Wildman–Crippen LogP) is 4.34. The summed E-state index contributed by atoms with van der Waals surface area (Å²) >= 11 is 1.68. The molecule has 1 aliphatic rings.